The molecule has 1 atom stereocenters. The van der Waals surface area contributed by atoms with E-state index >= 15 is 0 Å². The Kier molecular flexibility index (Phi) is 3.47. The van der Waals surface area contributed by atoms with Crippen LogP contribution < -0.4 is 5.32 Å². The summed E-state index contributed by atoms with van der Waals surface area (Å²) in [4.78, 5) is 19.3. The van der Waals surface area contributed by atoms with E-state index in [1.807, 2.05) is 12.1 Å². The van der Waals surface area contributed by atoms with E-state index < -0.39 is 0 Å². The molecule has 1 unspecified atom stereocenters. The van der Waals surface area contributed by atoms with Gasteiger partial charge in [0.25, 0.3) is 5.91 Å². The number of hydrogen-bond donors (Lipinski definition) is 1. The maximum absolute atomic E-state index is 12.5. The number of fused-ring (bicyclic) bond motifs is 4. The van der Waals surface area contributed by atoms with E-state index in [9.17, 15) is 4.79 Å². The highest BCUT2D eigenvalue weighted by Crippen LogP contribution is 2.29. The first-order valence-electron chi connectivity index (χ1n) is 7.77. The van der Waals surface area contributed by atoms with E-state index in [1.165, 1.54) is 25.9 Å². The Hall–Kier alpha value is -1.72. The van der Waals surface area contributed by atoms with Crippen LogP contribution in [-0.4, -0.2) is 41.5 Å². The molecule has 0 aromatic carbocycles. The first kappa shape index (κ1) is 13.9. The summed E-state index contributed by atoms with van der Waals surface area (Å²) in [6, 6.07) is 2.16. The van der Waals surface area contributed by atoms with Gasteiger partial charge in [0.2, 0.25) is 0 Å². The molecule has 0 radical (unpaired) electrons. The van der Waals surface area contributed by atoms with E-state index in [2.05, 4.69) is 27.2 Å². The number of rotatable bonds is 3. The Bertz CT molecular complexity index is 731. The number of nitrogens with one attached hydrogen (secondary N) is 1. The fourth-order valence-electron chi connectivity index (χ4n) is 3.61. The highest BCUT2D eigenvalue weighted by atomic mass is 32.1. The zero-order valence-electron chi connectivity index (χ0n) is 12.4. The highest BCUT2D eigenvalue weighted by Gasteiger charge is 2.35. The fourth-order valence-corrected chi connectivity index (χ4v) is 4.50. The minimum atomic E-state index is -0.0538. The van der Waals surface area contributed by atoms with Gasteiger partial charge in [0.05, 0.1) is 4.70 Å². The van der Waals surface area contributed by atoms with Crippen molar-refractivity contribution in [3.8, 4) is 0 Å². The van der Waals surface area contributed by atoms with Crippen molar-refractivity contribution >= 4 is 33.4 Å². The molecule has 5 heteroatoms. The average Bonchev–Trinajstić information content (AvgIpc) is 2.98. The maximum atomic E-state index is 12.5. The molecule has 3 saturated heterocycles. The number of nitrogens with zero attached hydrogens (tertiary/aromatic N) is 2. The fraction of sp³-hybridized carbons (Fsp3) is 0.412. The van der Waals surface area contributed by atoms with E-state index in [-0.39, 0.29) is 11.9 Å². The quantitative estimate of drug-likeness (QED) is 0.948. The van der Waals surface area contributed by atoms with Gasteiger partial charge in [-0.05, 0) is 48.9 Å². The summed E-state index contributed by atoms with van der Waals surface area (Å²) < 4.78 is 1.09. The first-order chi connectivity index (χ1) is 10.7. The number of amides is 1. The van der Waals surface area contributed by atoms with Crippen LogP contribution in [0.1, 0.15) is 28.9 Å². The molecule has 2 aromatic heterocycles. The predicted molar refractivity (Wildman–Crippen MR) is 90.1 cm³/mol. The molecule has 3 aliphatic rings. The molecule has 22 heavy (non-hydrogen) atoms. The Balaban J connectivity index is 1.56. The number of aromatic nitrogens is 1. The topological polar surface area (TPSA) is 45.2 Å². The van der Waals surface area contributed by atoms with Crippen molar-refractivity contribution in [3.05, 3.63) is 35.5 Å². The van der Waals surface area contributed by atoms with Gasteiger partial charge in [-0.15, -0.1) is 11.3 Å². The van der Waals surface area contributed by atoms with Crippen molar-refractivity contribution in [1.29, 1.82) is 0 Å². The van der Waals surface area contributed by atoms with Gasteiger partial charge in [-0.1, -0.05) is 12.7 Å². The number of thiophene rings is 1. The second kappa shape index (κ2) is 5.48. The standard InChI is InChI=1S/C17H19N3OS/c1-2-11-10-22-16-8-18-14(7-13(11)16)17(21)19-15-9-20-5-3-12(15)4-6-20/h2,7-8,10,12,15H,1,3-6,9H2,(H,19,21). The number of piperidine rings is 3. The first-order valence-corrected chi connectivity index (χ1v) is 8.65. The molecular formula is C17H19N3OS. The van der Waals surface area contributed by atoms with Crippen LogP contribution >= 0.6 is 11.3 Å². The third-order valence-corrected chi connectivity index (χ3v) is 5.87. The maximum Gasteiger partial charge on any atom is 0.270 e. The zero-order valence-corrected chi connectivity index (χ0v) is 13.2. The monoisotopic (exact) mass is 313 g/mol. The summed E-state index contributed by atoms with van der Waals surface area (Å²) in [7, 11) is 0. The van der Waals surface area contributed by atoms with Crippen molar-refractivity contribution < 1.29 is 4.79 Å². The van der Waals surface area contributed by atoms with Crippen LogP contribution in [-0.2, 0) is 0 Å². The predicted octanol–water partition coefficient (Wildman–Crippen LogP) is 2.76. The molecule has 2 bridgehead atoms. The normalized spacial score (nSPS) is 27.0. The van der Waals surface area contributed by atoms with Gasteiger partial charge >= 0.3 is 0 Å². The molecule has 5 heterocycles. The van der Waals surface area contributed by atoms with E-state index in [0.717, 1.165) is 22.2 Å². The number of hydrogen-bond acceptors (Lipinski definition) is 4. The van der Waals surface area contributed by atoms with Gasteiger partial charge in [0.1, 0.15) is 5.69 Å². The van der Waals surface area contributed by atoms with Crippen molar-refractivity contribution in [2.24, 2.45) is 5.92 Å². The van der Waals surface area contributed by atoms with E-state index in [4.69, 9.17) is 0 Å². The Morgan fingerprint density at radius 3 is 2.95 bits per heavy atom. The van der Waals surface area contributed by atoms with Gasteiger partial charge in [-0.25, -0.2) is 4.98 Å². The molecule has 1 amide bonds. The van der Waals surface area contributed by atoms with Crippen LogP contribution in [0.2, 0.25) is 0 Å². The molecule has 2 aromatic rings. The minimum Gasteiger partial charge on any atom is -0.346 e. The van der Waals surface area contributed by atoms with Crippen molar-refractivity contribution in [1.82, 2.24) is 15.2 Å². The summed E-state index contributed by atoms with van der Waals surface area (Å²) in [6.45, 7) is 7.17. The number of carbonyl (C=O) groups is 1. The third-order valence-electron chi connectivity index (χ3n) is 4.92. The molecule has 0 saturated carbocycles. The Morgan fingerprint density at radius 1 is 1.45 bits per heavy atom. The summed E-state index contributed by atoms with van der Waals surface area (Å²) >= 11 is 1.63. The van der Waals surface area contributed by atoms with Crippen molar-refractivity contribution in [2.45, 2.75) is 18.9 Å². The lowest BCUT2D eigenvalue weighted by molar-refractivity contribution is 0.0618. The molecule has 5 rings (SSSR count). The second-order valence-electron chi connectivity index (χ2n) is 6.18. The highest BCUT2D eigenvalue weighted by molar-refractivity contribution is 7.17. The van der Waals surface area contributed by atoms with E-state index in [1.54, 1.807) is 17.5 Å². The van der Waals surface area contributed by atoms with E-state index in [0.29, 0.717) is 11.6 Å². The second-order valence-corrected chi connectivity index (χ2v) is 7.09. The minimum absolute atomic E-state index is 0.0538. The van der Waals surface area contributed by atoms with Crippen LogP contribution in [0.5, 0.6) is 0 Å². The lowest BCUT2D eigenvalue weighted by atomic mass is 9.84. The van der Waals surface area contributed by atoms with Crippen molar-refractivity contribution in [2.75, 3.05) is 19.6 Å². The zero-order chi connectivity index (χ0) is 15.1. The average molecular weight is 313 g/mol. The van der Waals surface area contributed by atoms with Gasteiger partial charge in [0, 0.05) is 24.2 Å². The number of pyridine rings is 1. The molecule has 0 spiro atoms. The van der Waals surface area contributed by atoms with Crippen LogP contribution in [0.4, 0.5) is 0 Å². The van der Waals surface area contributed by atoms with Crippen molar-refractivity contribution in [3.63, 3.8) is 0 Å². The lowest BCUT2D eigenvalue weighted by Crippen LogP contribution is -2.57. The largest absolute Gasteiger partial charge is 0.346 e. The van der Waals surface area contributed by atoms with Crippen LogP contribution in [0, 0.1) is 5.92 Å². The summed E-state index contributed by atoms with van der Waals surface area (Å²) in [5.74, 6) is 0.574. The molecule has 114 valence electrons. The lowest BCUT2D eigenvalue weighted by Gasteiger charge is -2.44. The number of carbonyl (C=O) groups excluding carboxylic acids is 1. The summed E-state index contributed by atoms with van der Waals surface area (Å²) in [6.07, 6.45) is 6.01. The van der Waals surface area contributed by atoms with Gasteiger partial charge in [0.15, 0.2) is 0 Å². The SMILES string of the molecule is C=Cc1csc2cnc(C(=O)NC3CN4CCC3CC4)cc12. The summed E-state index contributed by atoms with van der Waals surface area (Å²) in [5.41, 5.74) is 1.57. The Labute approximate surface area is 133 Å². The van der Waals surface area contributed by atoms with Gasteiger partial charge < -0.3 is 10.2 Å². The van der Waals surface area contributed by atoms with Gasteiger partial charge in [-0.2, -0.15) is 0 Å². The summed E-state index contributed by atoms with van der Waals surface area (Å²) in [5, 5.41) is 6.31. The molecule has 0 aliphatic carbocycles. The van der Waals surface area contributed by atoms with Crippen LogP contribution in [0.15, 0.2) is 24.2 Å². The molecule has 3 aliphatic heterocycles. The van der Waals surface area contributed by atoms with Gasteiger partial charge in [-0.3, -0.25) is 4.79 Å². The smallest absolute Gasteiger partial charge is 0.270 e. The molecular weight excluding hydrogens is 294 g/mol. The third kappa shape index (κ3) is 2.34. The van der Waals surface area contributed by atoms with Crippen LogP contribution in [0.25, 0.3) is 16.2 Å². The molecule has 4 nitrogen and oxygen atoms in total. The Morgan fingerprint density at radius 2 is 2.27 bits per heavy atom. The van der Waals surface area contributed by atoms with Crippen LogP contribution in [0.3, 0.4) is 0 Å². The molecule has 1 N–H and O–H groups in total. The molecule has 3 fully saturated rings.